The van der Waals surface area contributed by atoms with Crippen molar-refractivity contribution in [2.75, 3.05) is 25.6 Å². The molecule has 0 aliphatic carbocycles. The van der Waals surface area contributed by atoms with Crippen LogP contribution in [-0.4, -0.2) is 36.3 Å². The predicted molar refractivity (Wildman–Crippen MR) is 70.3 cm³/mol. The Morgan fingerprint density at radius 3 is 2.72 bits per heavy atom. The van der Waals surface area contributed by atoms with E-state index in [4.69, 9.17) is 9.47 Å². The van der Waals surface area contributed by atoms with Gasteiger partial charge in [-0.1, -0.05) is 13.8 Å². The molecule has 0 amide bonds. The topological polar surface area (TPSA) is 56.3 Å². The van der Waals surface area contributed by atoms with Crippen LogP contribution in [0.25, 0.3) is 0 Å². The SMILES string of the molecule is CNc1nc(C(C)C)nc(OC2CCOC2)c1C. The lowest BCUT2D eigenvalue weighted by Crippen LogP contribution is -2.18. The number of anilines is 1. The van der Waals surface area contributed by atoms with Crippen molar-refractivity contribution in [3.05, 3.63) is 11.4 Å². The molecule has 2 heterocycles. The van der Waals surface area contributed by atoms with Crippen molar-refractivity contribution >= 4 is 5.82 Å². The molecule has 0 saturated carbocycles. The van der Waals surface area contributed by atoms with Gasteiger partial charge in [0.25, 0.3) is 0 Å². The summed E-state index contributed by atoms with van der Waals surface area (Å²) in [6.45, 7) is 7.54. The standard InChI is InChI=1S/C13H21N3O2/c1-8(2)11-15-12(14-4)9(3)13(16-11)18-10-5-6-17-7-10/h8,10H,5-7H2,1-4H3,(H,14,15,16). The van der Waals surface area contributed by atoms with Crippen molar-refractivity contribution < 1.29 is 9.47 Å². The maximum Gasteiger partial charge on any atom is 0.222 e. The zero-order chi connectivity index (χ0) is 13.1. The molecule has 1 aromatic rings. The van der Waals surface area contributed by atoms with E-state index in [9.17, 15) is 0 Å². The molecule has 5 nitrogen and oxygen atoms in total. The van der Waals surface area contributed by atoms with Gasteiger partial charge in [0.2, 0.25) is 5.88 Å². The third-order valence-corrected chi connectivity index (χ3v) is 3.04. The Labute approximate surface area is 108 Å². The highest BCUT2D eigenvalue weighted by Crippen LogP contribution is 2.26. The van der Waals surface area contributed by atoms with Gasteiger partial charge >= 0.3 is 0 Å². The summed E-state index contributed by atoms with van der Waals surface area (Å²) < 4.78 is 11.2. The molecule has 1 saturated heterocycles. The fraction of sp³-hybridized carbons (Fsp3) is 0.692. The molecule has 5 heteroatoms. The maximum atomic E-state index is 5.92. The van der Waals surface area contributed by atoms with Crippen molar-refractivity contribution in [2.24, 2.45) is 0 Å². The van der Waals surface area contributed by atoms with E-state index in [1.807, 2.05) is 14.0 Å². The molecule has 18 heavy (non-hydrogen) atoms. The Bertz CT molecular complexity index is 415. The Hall–Kier alpha value is -1.36. The molecule has 100 valence electrons. The third kappa shape index (κ3) is 2.72. The summed E-state index contributed by atoms with van der Waals surface area (Å²) in [5.41, 5.74) is 0.953. The molecule has 1 aliphatic heterocycles. The van der Waals surface area contributed by atoms with Gasteiger partial charge in [-0.2, -0.15) is 4.98 Å². The molecule has 1 unspecified atom stereocenters. The highest BCUT2D eigenvalue weighted by atomic mass is 16.5. The molecule has 1 N–H and O–H groups in total. The van der Waals surface area contributed by atoms with Crippen LogP contribution in [0.15, 0.2) is 0 Å². The minimum absolute atomic E-state index is 0.114. The summed E-state index contributed by atoms with van der Waals surface area (Å²) >= 11 is 0. The summed E-state index contributed by atoms with van der Waals surface area (Å²) in [7, 11) is 1.86. The van der Waals surface area contributed by atoms with Crippen LogP contribution in [0.5, 0.6) is 5.88 Å². The van der Waals surface area contributed by atoms with Crippen molar-refractivity contribution in [3.8, 4) is 5.88 Å². The molecule has 0 radical (unpaired) electrons. The van der Waals surface area contributed by atoms with Crippen molar-refractivity contribution in [3.63, 3.8) is 0 Å². The average Bonchev–Trinajstić information content (AvgIpc) is 2.84. The first-order valence-electron chi connectivity index (χ1n) is 6.42. The number of hydrogen-bond acceptors (Lipinski definition) is 5. The van der Waals surface area contributed by atoms with Gasteiger partial charge < -0.3 is 14.8 Å². The van der Waals surface area contributed by atoms with Crippen LogP contribution in [-0.2, 0) is 4.74 Å². The van der Waals surface area contributed by atoms with Gasteiger partial charge in [0.05, 0.1) is 18.8 Å². The van der Waals surface area contributed by atoms with Crippen LogP contribution in [0.2, 0.25) is 0 Å². The summed E-state index contributed by atoms with van der Waals surface area (Å²) in [6.07, 6.45) is 1.04. The zero-order valence-corrected chi connectivity index (χ0v) is 11.5. The van der Waals surface area contributed by atoms with Gasteiger partial charge in [0, 0.05) is 19.4 Å². The summed E-state index contributed by atoms with van der Waals surface area (Å²) in [6, 6.07) is 0. The number of ether oxygens (including phenoxy) is 2. The Morgan fingerprint density at radius 2 is 2.17 bits per heavy atom. The highest BCUT2D eigenvalue weighted by molar-refractivity contribution is 5.48. The van der Waals surface area contributed by atoms with Gasteiger partial charge in [-0.3, -0.25) is 0 Å². The largest absolute Gasteiger partial charge is 0.471 e. The molecule has 1 atom stereocenters. The van der Waals surface area contributed by atoms with Crippen LogP contribution < -0.4 is 10.1 Å². The van der Waals surface area contributed by atoms with Crippen molar-refractivity contribution in [1.82, 2.24) is 9.97 Å². The lowest BCUT2D eigenvalue weighted by molar-refractivity contribution is 0.137. The molecular formula is C13H21N3O2. The fourth-order valence-corrected chi connectivity index (χ4v) is 1.89. The molecule has 1 aromatic heterocycles. The molecule has 0 spiro atoms. The van der Waals surface area contributed by atoms with E-state index in [1.165, 1.54) is 0 Å². The van der Waals surface area contributed by atoms with E-state index in [0.29, 0.717) is 12.5 Å². The second-order valence-electron chi connectivity index (χ2n) is 4.87. The van der Waals surface area contributed by atoms with E-state index in [0.717, 1.165) is 30.2 Å². The Morgan fingerprint density at radius 1 is 1.39 bits per heavy atom. The number of rotatable bonds is 4. The van der Waals surface area contributed by atoms with E-state index >= 15 is 0 Å². The van der Waals surface area contributed by atoms with E-state index < -0.39 is 0 Å². The first kappa shape index (κ1) is 13.1. The van der Waals surface area contributed by atoms with E-state index in [-0.39, 0.29) is 12.0 Å². The minimum atomic E-state index is 0.114. The average molecular weight is 251 g/mol. The maximum absolute atomic E-state index is 5.92. The zero-order valence-electron chi connectivity index (χ0n) is 11.5. The lowest BCUT2D eigenvalue weighted by atomic mass is 10.2. The Kier molecular flexibility index (Phi) is 4.01. The molecular weight excluding hydrogens is 230 g/mol. The smallest absolute Gasteiger partial charge is 0.222 e. The third-order valence-electron chi connectivity index (χ3n) is 3.04. The van der Waals surface area contributed by atoms with Crippen LogP contribution in [0, 0.1) is 6.92 Å². The Balaban J connectivity index is 2.28. The number of aromatic nitrogens is 2. The van der Waals surface area contributed by atoms with Gasteiger partial charge in [-0.15, -0.1) is 0 Å². The summed E-state index contributed by atoms with van der Waals surface area (Å²) in [4.78, 5) is 9.01. The van der Waals surface area contributed by atoms with Crippen LogP contribution in [0.3, 0.4) is 0 Å². The summed E-state index contributed by atoms with van der Waals surface area (Å²) in [5.74, 6) is 2.59. The fourth-order valence-electron chi connectivity index (χ4n) is 1.89. The highest BCUT2D eigenvalue weighted by Gasteiger charge is 2.21. The van der Waals surface area contributed by atoms with Crippen molar-refractivity contribution in [2.45, 2.75) is 39.2 Å². The first-order valence-corrected chi connectivity index (χ1v) is 6.42. The quantitative estimate of drug-likeness (QED) is 0.888. The van der Waals surface area contributed by atoms with Crippen LogP contribution >= 0.6 is 0 Å². The van der Waals surface area contributed by atoms with Gasteiger partial charge in [-0.05, 0) is 6.92 Å². The van der Waals surface area contributed by atoms with E-state index in [2.05, 4.69) is 29.1 Å². The van der Waals surface area contributed by atoms with Gasteiger partial charge in [0.1, 0.15) is 17.7 Å². The number of hydrogen-bond donors (Lipinski definition) is 1. The van der Waals surface area contributed by atoms with Crippen LogP contribution in [0.4, 0.5) is 5.82 Å². The number of nitrogens with zero attached hydrogens (tertiary/aromatic N) is 2. The van der Waals surface area contributed by atoms with Gasteiger partial charge in [-0.25, -0.2) is 4.98 Å². The number of nitrogens with one attached hydrogen (secondary N) is 1. The second kappa shape index (κ2) is 5.52. The van der Waals surface area contributed by atoms with Gasteiger partial charge in [0.15, 0.2) is 0 Å². The second-order valence-corrected chi connectivity index (χ2v) is 4.87. The molecule has 0 aromatic carbocycles. The monoisotopic (exact) mass is 251 g/mol. The van der Waals surface area contributed by atoms with Crippen molar-refractivity contribution in [1.29, 1.82) is 0 Å². The molecule has 1 aliphatic rings. The molecule has 1 fully saturated rings. The first-order chi connectivity index (χ1) is 8.61. The van der Waals surface area contributed by atoms with E-state index in [1.54, 1.807) is 0 Å². The minimum Gasteiger partial charge on any atom is -0.471 e. The molecule has 0 bridgehead atoms. The predicted octanol–water partition coefficient (Wildman–Crippen LogP) is 2.12. The van der Waals surface area contributed by atoms with Crippen LogP contribution in [0.1, 0.15) is 37.6 Å². The molecule has 2 rings (SSSR count). The summed E-state index contributed by atoms with van der Waals surface area (Å²) in [5, 5.41) is 3.09. The normalized spacial score (nSPS) is 19.3. The lowest BCUT2D eigenvalue weighted by Gasteiger charge is -2.17.